The van der Waals surface area contributed by atoms with E-state index in [0.29, 0.717) is 5.56 Å². The van der Waals surface area contributed by atoms with Gasteiger partial charge in [-0.1, -0.05) is 18.2 Å². The number of nitrogens with one attached hydrogen (secondary N) is 1. The van der Waals surface area contributed by atoms with Gasteiger partial charge in [0.1, 0.15) is 17.2 Å². The first-order valence-electron chi connectivity index (χ1n) is 8.77. The van der Waals surface area contributed by atoms with Gasteiger partial charge in [-0.05, 0) is 12.1 Å². The van der Waals surface area contributed by atoms with E-state index in [0.717, 1.165) is 6.20 Å². The zero-order valence-electron chi connectivity index (χ0n) is 15.5. The minimum atomic E-state index is -1.09. The molecule has 3 N–H and O–H groups in total. The molecule has 29 heavy (non-hydrogen) atoms. The maximum Gasteiger partial charge on any atom is 0.183 e. The second kappa shape index (κ2) is 8.84. The lowest BCUT2D eigenvalue weighted by Crippen LogP contribution is -2.24. The molecule has 2 aromatic heterocycles. The van der Waals surface area contributed by atoms with Crippen molar-refractivity contribution >= 4 is 11.6 Å². The van der Waals surface area contributed by atoms with Gasteiger partial charge in [0.15, 0.2) is 23.2 Å². The van der Waals surface area contributed by atoms with Crippen molar-refractivity contribution in [1.82, 2.24) is 19.7 Å². The molecule has 0 aliphatic carbocycles. The third-order valence-corrected chi connectivity index (χ3v) is 4.11. The molecule has 3 rings (SSSR count). The monoisotopic (exact) mass is 403 g/mol. The van der Waals surface area contributed by atoms with Crippen LogP contribution in [-0.2, 0) is 6.54 Å². The molecule has 0 bridgehead atoms. The van der Waals surface area contributed by atoms with Gasteiger partial charge in [-0.3, -0.25) is 9.48 Å². The molecule has 8 nitrogen and oxygen atoms in total. The number of aliphatic hydroxyl groups excluding tert-OH is 2. The Morgan fingerprint density at radius 1 is 1.28 bits per heavy atom. The number of carbonyl (C=O) groups excluding carboxylic acids is 1. The number of hydrogen-bond donors (Lipinski definition) is 3. The van der Waals surface area contributed by atoms with Crippen LogP contribution in [0.3, 0.4) is 0 Å². The van der Waals surface area contributed by atoms with E-state index in [1.807, 2.05) is 0 Å². The summed E-state index contributed by atoms with van der Waals surface area (Å²) in [6, 6.07) is 7.59. The van der Waals surface area contributed by atoms with E-state index in [1.54, 1.807) is 18.2 Å². The molecule has 0 saturated carbocycles. The van der Waals surface area contributed by atoms with Crippen molar-refractivity contribution in [2.75, 3.05) is 18.5 Å². The van der Waals surface area contributed by atoms with E-state index in [1.165, 1.54) is 23.7 Å². The zero-order valence-corrected chi connectivity index (χ0v) is 15.5. The average molecular weight is 403 g/mol. The van der Waals surface area contributed by atoms with Gasteiger partial charge >= 0.3 is 0 Å². The van der Waals surface area contributed by atoms with Crippen LogP contribution < -0.4 is 5.32 Å². The summed E-state index contributed by atoms with van der Waals surface area (Å²) in [6.45, 7) is 0.767. The van der Waals surface area contributed by atoms with Crippen LogP contribution in [0, 0.1) is 11.6 Å². The second-order valence-corrected chi connectivity index (χ2v) is 6.33. The Morgan fingerprint density at radius 2 is 2.03 bits per heavy atom. The first-order chi connectivity index (χ1) is 13.9. The summed E-state index contributed by atoms with van der Waals surface area (Å²) in [6.07, 6.45) is -0.156. The normalized spacial score (nSPS) is 12.0. The number of ketones is 1. The first kappa shape index (κ1) is 20.5. The Kier molecular flexibility index (Phi) is 6.25. The molecule has 1 aromatic carbocycles. The van der Waals surface area contributed by atoms with E-state index in [2.05, 4.69) is 20.4 Å². The topological polar surface area (TPSA) is 113 Å². The Morgan fingerprint density at radius 3 is 2.72 bits per heavy atom. The Bertz CT molecular complexity index is 1020. The summed E-state index contributed by atoms with van der Waals surface area (Å²) in [4.78, 5) is 19.9. The van der Waals surface area contributed by atoms with E-state index >= 15 is 0 Å². The van der Waals surface area contributed by atoms with Gasteiger partial charge in [0.2, 0.25) is 0 Å². The fourth-order valence-electron chi connectivity index (χ4n) is 2.61. The van der Waals surface area contributed by atoms with E-state index in [4.69, 9.17) is 5.11 Å². The van der Waals surface area contributed by atoms with Crippen molar-refractivity contribution in [3.8, 4) is 11.5 Å². The third kappa shape index (κ3) is 4.79. The number of halogens is 2. The molecule has 1 unspecified atom stereocenters. The number of nitrogens with zero attached hydrogens (tertiary/aromatic N) is 4. The predicted molar refractivity (Wildman–Crippen MR) is 100 cm³/mol. The largest absolute Gasteiger partial charge is 0.394 e. The number of anilines is 1. The maximum absolute atomic E-state index is 14.0. The average Bonchev–Trinajstić information content (AvgIpc) is 3.13. The van der Waals surface area contributed by atoms with Crippen molar-refractivity contribution in [3.05, 3.63) is 59.4 Å². The lowest BCUT2D eigenvalue weighted by Gasteiger charge is -2.10. The van der Waals surface area contributed by atoms with Gasteiger partial charge in [0.25, 0.3) is 0 Å². The number of rotatable bonds is 8. The Hall–Kier alpha value is -3.24. The zero-order chi connectivity index (χ0) is 21.0. The number of hydrogen-bond acceptors (Lipinski definition) is 7. The van der Waals surface area contributed by atoms with Crippen LogP contribution in [0.15, 0.2) is 36.5 Å². The molecule has 10 heteroatoms. The fourth-order valence-corrected chi connectivity index (χ4v) is 2.61. The highest BCUT2D eigenvalue weighted by molar-refractivity contribution is 5.93. The minimum absolute atomic E-state index is 0.0244. The number of aromatic nitrogens is 4. The number of aliphatic hydroxyl groups is 2. The van der Waals surface area contributed by atoms with Crippen LogP contribution in [0.25, 0.3) is 11.5 Å². The standard InChI is InChI=1S/C19H19F2N5O3/c1-11(28)17-6-16(25-26(17)9-12-4-2-3-5-14(12)20)19-23-8-15(21)18(24-19)22-7-13(29)10-27/h2-6,8,13,27,29H,7,9-10H2,1H3,(H,22,23,24). The Labute approximate surface area is 164 Å². The molecule has 3 aromatic rings. The molecular weight excluding hydrogens is 384 g/mol. The molecule has 0 fully saturated rings. The maximum atomic E-state index is 14.0. The summed E-state index contributed by atoms with van der Waals surface area (Å²) in [5.74, 6) is -1.60. The van der Waals surface area contributed by atoms with Crippen LogP contribution in [0.5, 0.6) is 0 Å². The van der Waals surface area contributed by atoms with Gasteiger partial charge < -0.3 is 15.5 Å². The summed E-state index contributed by atoms with van der Waals surface area (Å²) < 4.78 is 29.2. The van der Waals surface area contributed by atoms with Gasteiger partial charge in [0, 0.05) is 19.0 Å². The van der Waals surface area contributed by atoms with Crippen LogP contribution in [0.1, 0.15) is 23.0 Å². The fraction of sp³-hybridized carbons (Fsp3) is 0.263. The highest BCUT2D eigenvalue weighted by Gasteiger charge is 2.18. The number of carbonyl (C=O) groups is 1. The lowest BCUT2D eigenvalue weighted by molar-refractivity contribution is 0.100. The summed E-state index contributed by atoms with van der Waals surface area (Å²) >= 11 is 0. The molecule has 0 saturated heterocycles. The SMILES string of the molecule is CC(=O)c1cc(-c2ncc(F)c(NCC(O)CO)n2)nn1Cc1ccccc1F. The molecule has 1 atom stereocenters. The van der Waals surface area contributed by atoms with Crippen molar-refractivity contribution < 1.29 is 23.8 Å². The van der Waals surface area contributed by atoms with Crippen molar-refractivity contribution in [2.24, 2.45) is 0 Å². The molecule has 0 radical (unpaired) electrons. The van der Waals surface area contributed by atoms with Gasteiger partial charge in [-0.2, -0.15) is 5.10 Å². The molecule has 0 spiro atoms. The lowest BCUT2D eigenvalue weighted by atomic mass is 10.2. The molecule has 2 heterocycles. The van der Waals surface area contributed by atoms with Crippen LogP contribution >= 0.6 is 0 Å². The first-order valence-corrected chi connectivity index (χ1v) is 8.77. The molecule has 152 valence electrons. The summed E-state index contributed by atoms with van der Waals surface area (Å²) in [5.41, 5.74) is 0.781. The van der Waals surface area contributed by atoms with E-state index in [9.17, 15) is 18.7 Å². The van der Waals surface area contributed by atoms with Crippen molar-refractivity contribution in [1.29, 1.82) is 0 Å². The third-order valence-electron chi connectivity index (χ3n) is 4.11. The highest BCUT2D eigenvalue weighted by atomic mass is 19.1. The van der Waals surface area contributed by atoms with Crippen LogP contribution in [0.2, 0.25) is 0 Å². The van der Waals surface area contributed by atoms with Gasteiger partial charge in [-0.15, -0.1) is 0 Å². The minimum Gasteiger partial charge on any atom is -0.394 e. The quantitative estimate of drug-likeness (QED) is 0.490. The summed E-state index contributed by atoms with van der Waals surface area (Å²) in [7, 11) is 0. The van der Waals surface area contributed by atoms with Gasteiger partial charge in [0.05, 0.1) is 25.5 Å². The van der Waals surface area contributed by atoms with E-state index < -0.39 is 24.3 Å². The second-order valence-electron chi connectivity index (χ2n) is 6.33. The van der Waals surface area contributed by atoms with Crippen LogP contribution in [0.4, 0.5) is 14.6 Å². The number of benzene rings is 1. The molecule has 0 amide bonds. The van der Waals surface area contributed by atoms with Crippen molar-refractivity contribution in [2.45, 2.75) is 19.6 Å². The van der Waals surface area contributed by atoms with E-state index in [-0.39, 0.29) is 41.9 Å². The summed E-state index contributed by atoms with van der Waals surface area (Å²) in [5, 5.41) is 25.1. The predicted octanol–water partition coefficient (Wildman–Crippen LogP) is 1.63. The highest BCUT2D eigenvalue weighted by Crippen LogP contribution is 2.20. The smallest absolute Gasteiger partial charge is 0.183 e. The van der Waals surface area contributed by atoms with Crippen LogP contribution in [-0.4, -0.2) is 55.0 Å². The number of Topliss-reactive ketones (excluding diaryl/α,β-unsaturated/α-hetero) is 1. The molecule has 0 aliphatic rings. The molecule has 0 aliphatic heterocycles. The van der Waals surface area contributed by atoms with Crippen molar-refractivity contribution in [3.63, 3.8) is 0 Å². The molecular formula is C19H19F2N5O3. The van der Waals surface area contributed by atoms with Gasteiger partial charge in [-0.25, -0.2) is 18.7 Å². The Balaban J connectivity index is 1.93.